The van der Waals surface area contributed by atoms with E-state index in [1.54, 1.807) is 0 Å². The Labute approximate surface area is 143 Å². The Bertz CT molecular complexity index is 492. The van der Waals surface area contributed by atoms with E-state index in [4.69, 9.17) is 5.73 Å². The monoisotopic (exact) mass is 339 g/mol. The third kappa shape index (κ3) is 6.59. The Kier molecular flexibility index (Phi) is 8.66. The zero-order chi connectivity index (χ0) is 15.8. The lowest BCUT2D eigenvalue weighted by atomic mass is 9.85. The van der Waals surface area contributed by atoms with Gasteiger partial charge in [-0.2, -0.15) is 0 Å². The standard InChI is InChI=1S/C17H25N3O2.ClH/c18-15(12-13-6-2-1-3-7-13)17(22)20-11-5-10-19-16(21)14-8-4-9-14;/h1-3,6-7,14-15H,4-5,8-12,18H2,(H,19,21)(H,20,22);1H/t15-;/m0./s1. The molecule has 1 saturated carbocycles. The zero-order valence-corrected chi connectivity index (χ0v) is 14.1. The van der Waals surface area contributed by atoms with Crippen LogP contribution in [0.25, 0.3) is 0 Å². The molecule has 2 rings (SSSR count). The van der Waals surface area contributed by atoms with Gasteiger partial charge in [-0.25, -0.2) is 0 Å². The smallest absolute Gasteiger partial charge is 0.237 e. The van der Waals surface area contributed by atoms with Crippen molar-refractivity contribution in [1.29, 1.82) is 0 Å². The molecule has 0 saturated heterocycles. The van der Waals surface area contributed by atoms with Gasteiger partial charge in [0.2, 0.25) is 11.8 Å². The lowest BCUT2D eigenvalue weighted by Gasteiger charge is -2.24. The highest BCUT2D eigenvalue weighted by molar-refractivity contribution is 5.85. The number of nitrogens with one attached hydrogen (secondary N) is 2. The van der Waals surface area contributed by atoms with Gasteiger partial charge >= 0.3 is 0 Å². The molecule has 5 nitrogen and oxygen atoms in total. The summed E-state index contributed by atoms with van der Waals surface area (Å²) in [6.45, 7) is 1.13. The van der Waals surface area contributed by atoms with Gasteiger partial charge in [0.15, 0.2) is 0 Å². The Balaban J connectivity index is 0.00000264. The van der Waals surface area contributed by atoms with Crippen molar-refractivity contribution in [3.8, 4) is 0 Å². The average Bonchev–Trinajstić information content (AvgIpc) is 2.45. The number of benzene rings is 1. The average molecular weight is 340 g/mol. The summed E-state index contributed by atoms with van der Waals surface area (Å²) in [5.41, 5.74) is 6.95. The number of carbonyl (C=O) groups is 2. The van der Waals surface area contributed by atoms with Crippen LogP contribution in [0.1, 0.15) is 31.2 Å². The van der Waals surface area contributed by atoms with Crippen molar-refractivity contribution in [2.24, 2.45) is 11.7 Å². The van der Waals surface area contributed by atoms with Crippen LogP contribution in [-0.2, 0) is 16.0 Å². The summed E-state index contributed by atoms with van der Waals surface area (Å²) in [5, 5.41) is 5.72. The number of amides is 2. The minimum absolute atomic E-state index is 0. The van der Waals surface area contributed by atoms with Gasteiger partial charge in [0.05, 0.1) is 6.04 Å². The second-order valence-corrected chi connectivity index (χ2v) is 5.86. The first-order chi connectivity index (χ1) is 10.7. The predicted octanol–water partition coefficient (Wildman–Crippen LogP) is 1.40. The summed E-state index contributed by atoms with van der Waals surface area (Å²) in [5.74, 6) is 0.224. The van der Waals surface area contributed by atoms with Gasteiger partial charge in [0, 0.05) is 19.0 Å². The van der Waals surface area contributed by atoms with Gasteiger partial charge in [0.25, 0.3) is 0 Å². The minimum Gasteiger partial charge on any atom is -0.356 e. The Morgan fingerprint density at radius 1 is 1.13 bits per heavy atom. The van der Waals surface area contributed by atoms with Crippen LogP contribution in [0.2, 0.25) is 0 Å². The number of rotatable bonds is 8. The molecule has 6 heteroatoms. The molecule has 4 N–H and O–H groups in total. The molecule has 1 aromatic rings. The van der Waals surface area contributed by atoms with Crippen molar-refractivity contribution < 1.29 is 9.59 Å². The molecule has 0 aliphatic heterocycles. The predicted molar refractivity (Wildman–Crippen MR) is 93.3 cm³/mol. The maximum Gasteiger partial charge on any atom is 0.237 e. The molecule has 1 aliphatic rings. The SMILES string of the molecule is Cl.N[C@@H](Cc1ccccc1)C(=O)NCCCNC(=O)C1CCC1. The molecule has 23 heavy (non-hydrogen) atoms. The lowest BCUT2D eigenvalue weighted by molar-refractivity contribution is -0.127. The summed E-state index contributed by atoms with van der Waals surface area (Å²) in [4.78, 5) is 23.5. The molecule has 0 heterocycles. The normalized spacial score (nSPS) is 15.0. The van der Waals surface area contributed by atoms with Crippen LogP contribution in [0.15, 0.2) is 30.3 Å². The van der Waals surface area contributed by atoms with Crippen LogP contribution in [0.5, 0.6) is 0 Å². The van der Waals surface area contributed by atoms with Crippen molar-refractivity contribution in [3.05, 3.63) is 35.9 Å². The fourth-order valence-electron chi connectivity index (χ4n) is 2.42. The first kappa shape index (κ1) is 19.5. The Morgan fingerprint density at radius 3 is 2.39 bits per heavy atom. The first-order valence-electron chi connectivity index (χ1n) is 8.02. The maximum atomic E-state index is 11.9. The second kappa shape index (κ2) is 10.2. The summed E-state index contributed by atoms with van der Waals surface area (Å²) < 4.78 is 0. The molecule has 1 atom stereocenters. The quantitative estimate of drug-likeness (QED) is 0.626. The van der Waals surface area contributed by atoms with Gasteiger partial charge < -0.3 is 16.4 Å². The molecule has 0 bridgehead atoms. The van der Waals surface area contributed by atoms with E-state index in [2.05, 4.69) is 10.6 Å². The molecule has 128 valence electrons. The van der Waals surface area contributed by atoms with Crippen LogP contribution >= 0.6 is 12.4 Å². The van der Waals surface area contributed by atoms with Crippen LogP contribution in [0, 0.1) is 5.92 Å². The molecule has 0 spiro atoms. The summed E-state index contributed by atoms with van der Waals surface area (Å²) in [6, 6.07) is 9.20. The van der Waals surface area contributed by atoms with Crippen LogP contribution < -0.4 is 16.4 Å². The van der Waals surface area contributed by atoms with E-state index in [1.165, 1.54) is 0 Å². The van der Waals surface area contributed by atoms with Crippen molar-refractivity contribution in [2.75, 3.05) is 13.1 Å². The fourth-order valence-corrected chi connectivity index (χ4v) is 2.42. The minimum atomic E-state index is -0.535. The molecule has 1 fully saturated rings. The zero-order valence-electron chi connectivity index (χ0n) is 13.3. The summed E-state index contributed by atoms with van der Waals surface area (Å²) in [7, 11) is 0. The largest absolute Gasteiger partial charge is 0.356 e. The lowest BCUT2D eigenvalue weighted by Crippen LogP contribution is -2.43. The molecule has 0 radical (unpaired) electrons. The Morgan fingerprint density at radius 2 is 1.78 bits per heavy atom. The van der Waals surface area contributed by atoms with Gasteiger partial charge in [-0.3, -0.25) is 9.59 Å². The molecule has 1 aliphatic carbocycles. The maximum absolute atomic E-state index is 11.9. The third-order valence-corrected chi connectivity index (χ3v) is 4.06. The molecule has 2 amide bonds. The van der Waals surface area contributed by atoms with Gasteiger partial charge in [-0.05, 0) is 31.2 Å². The van der Waals surface area contributed by atoms with E-state index >= 15 is 0 Å². The molecular weight excluding hydrogens is 314 g/mol. The number of nitrogens with two attached hydrogens (primary N) is 1. The number of carbonyl (C=O) groups excluding carboxylic acids is 2. The van der Waals surface area contributed by atoms with E-state index in [9.17, 15) is 9.59 Å². The van der Waals surface area contributed by atoms with E-state index in [-0.39, 0.29) is 30.1 Å². The third-order valence-electron chi connectivity index (χ3n) is 4.06. The second-order valence-electron chi connectivity index (χ2n) is 5.86. The van der Waals surface area contributed by atoms with Gasteiger partial charge in [-0.1, -0.05) is 36.8 Å². The van der Waals surface area contributed by atoms with Gasteiger partial charge in [-0.15, -0.1) is 12.4 Å². The van der Waals surface area contributed by atoms with Crippen molar-refractivity contribution in [1.82, 2.24) is 10.6 Å². The summed E-state index contributed by atoms with van der Waals surface area (Å²) in [6.07, 6.45) is 4.44. The topological polar surface area (TPSA) is 84.2 Å². The fraction of sp³-hybridized carbons (Fsp3) is 0.529. The number of hydrogen-bond donors (Lipinski definition) is 3. The van der Waals surface area contributed by atoms with Crippen LogP contribution in [-0.4, -0.2) is 30.9 Å². The van der Waals surface area contributed by atoms with E-state index in [1.807, 2.05) is 30.3 Å². The van der Waals surface area contributed by atoms with Gasteiger partial charge in [0.1, 0.15) is 0 Å². The van der Waals surface area contributed by atoms with E-state index < -0.39 is 6.04 Å². The first-order valence-corrected chi connectivity index (χ1v) is 8.02. The van der Waals surface area contributed by atoms with Crippen LogP contribution in [0.3, 0.4) is 0 Å². The number of halogens is 1. The van der Waals surface area contributed by atoms with Crippen LogP contribution in [0.4, 0.5) is 0 Å². The number of hydrogen-bond acceptors (Lipinski definition) is 3. The van der Waals surface area contributed by atoms with E-state index in [0.717, 1.165) is 31.2 Å². The van der Waals surface area contributed by atoms with E-state index in [0.29, 0.717) is 19.5 Å². The Hall–Kier alpha value is -1.59. The highest BCUT2D eigenvalue weighted by Gasteiger charge is 2.24. The molecule has 0 aromatic heterocycles. The highest BCUT2D eigenvalue weighted by Crippen LogP contribution is 2.25. The molecule has 1 aromatic carbocycles. The molecule has 0 unspecified atom stereocenters. The van der Waals surface area contributed by atoms with Crippen molar-refractivity contribution in [2.45, 2.75) is 38.1 Å². The highest BCUT2D eigenvalue weighted by atomic mass is 35.5. The summed E-state index contributed by atoms with van der Waals surface area (Å²) >= 11 is 0. The molecular formula is C17H26ClN3O2. The van der Waals surface area contributed by atoms with Crippen molar-refractivity contribution >= 4 is 24.2 Å². The van der Waals surface area contributed by atoms with Crippen molar-refractivity contribution in [3.63, 3.8) is 0 Å².